The van der Waals surface area contributed by atoms with Gasteiger partial charge in [-0.1, -0.05) is 0 Å². The lowest BCUT2D eigenvalue weighted by atomic mass is 10.3. The highest BCUT2D eigenvalue weighted by Crippen LogP contribution is 2.17. The Labute approximate surface area is 129 Å². The first-order valence-electron chi connectivity index (χ1n) is 6.48. The van der Waals surface area contributed by atoms with Crippen molar-refractivity contribution in [2.75, 3.05) is 26.0 Å². The fourth-order valence-corrected chi connectivity index (χ4v) is 3.03. The Balaban J connectivity index is 3.09. The molecule has 3 N–H and O–H groups in total. The molecule has 0 aliphatic rings. The van der Waals surface area contributed by atoms with E-state index in [9.17, 15) is 18.0 Å². The topological polar surface area (TPSA) is 119 Å². The number of hydrogen-bond acceptors (Lipinski definition) is 6. The summed E-state index contributed by atoms with van der Waals surface area (Å²) in [5.41, 5.74) is 5.92. The smallest absolute Gasteiger partial charge is 0.337 e. The second-order valence-electron chi connectivity index (χ2n) is 4.48. The van der Waals surface area contributed by atoms with E-state index in [4.69, 9.17) is 10.5 Å². The van der Waals surface area contributed by atoms with E-state index < -0.39 is 22.0 Å². The lowest BCUT2D eigenvalue weighted by Crippen LogP contribution is -2.46. The van der Waals surface area contributed by atoms with Gasteiger partial charge in [-0.3, -0.25) is 10.1 Å². The van der Waals surface area contributed by atoms with Crippen LogP contribution in [0, 0.1) is 0 Å². The molecule has 0 fully saturated rings. The van der Waals surface area contributed by atoms with E-state index >= 15 is 0 Å². The van der Waals surface area contributed by atoms with Gasteiger partial charge in [0.05, 0.1) is 4.90 Å². The number of amides is 3. The molecule has 0 spiro atoms. The number of rotatable bonds is 6. The van der Waals surface area contributed by atoms with Crippen LogP contribution in [-0.2, 0) is 19.6 Å². The number of ether oxygens (including phenoxy) is 1. The third-order valence-corrected chi connectivity index (χ3v) is 4.48. The summed E-state index contributed by atoms with van der Waals surface area (Å²) in [6, 6.07) is 4.44. The molecule has 22 heavy (non-hydrogen) atoms. The number of nitrogens with zero attached hydrogens (tertiary/aromatic N) is 1. The molecule has 0 saturated heterocycles. The third-order valence-electron chi connectivity index (χ3n) is 2.69. The van der Waals surface area contributed by atoms with Crippen LogP contribution >= 0.6 is 0 Å². The molecule has 0 bridgehead atoms. The zero-order chi connectivity index (χ0) is 16.8. The summed E-state index contributed by atoms with van der Waals surface area (Å²) in [6.45, 7) is 1.29. The Morgan fingerprint density at radius 1 is 1.27 bits per heavy atom. The number of benzene rings is 1. The van der Waals surface area contributed by atoms with E-state index in [1.54, 1.807) is 0 Å². The predicted octanol–water partition coefficient (Wildman–Crippen LogP) is 0.552. The first-order chi connectivity index (χ1) is 10.3. The number of urea groups is 1. The molecule has 1 aromatic rings. The molecule has 0 aromatic heterocycles. The van der Waals surface area contributed by atoms with E-state index in [2.05, 4.69) is 0 Å². The standard InChI is InChI=1S/C13H19N3O5S/c1-10(17)15-13(18)16(8-3-9-21-2)22(19,20)12-6-4-11(14)5-7-12/h4-7H,3,8-9,14H2,1-2H3,(H,15,17,18). The highest BCUT2D eigenvalue weighted by atomic mass is 32.2. The minimum Gasteiger partial charge on any atom is -0.399 e. The van der Waals surface area contributed by atoms with Gasteiger partial charge in [0.1, 0.15) is 0 Å². The number of hydrogen-bond donors (Lipinski definition) is 2. The van der Waals surface area contributed by atoms with Gasteiger partial charge in [0.2, 0.25) is 5.91 Å². The number of anilines is 1. The molecule has 0 atom stereocenters. The van der Waals surface area contributed by atoms with Crippen LogP contribution in [0.2, 0.25) is 0 Å². The van der Waals surface area contributed by atoms with E-state index in [0.717, 1.165) is 6.92 Å². The Bertz CT molecular complexity index is 628. The maximum atomic E-state index is 12.5. The number of carbonyl (C=O) groups excluding carboxylic acids is 2. The Kier molecular flexibility index (Phi) is 6.32. The summed E-state index contributed by atoms with van der Waals surface area (Å²) in [6.07, 6.45) is 0.302. The van der Waals surface area contributed by atoms with Crippen LogP contribution in [0.3, 0.4) is 0 Å². The second-order valence-corrected chi connectivity index (χ2v) is 6.34. The van der Waals surface area contributed by atoms with Gasteiger partial charge in [0.15, 0.2) is 0 Å². The molecular formula is C13H19N3O5S. The molecule has 3 amide bonds. The number of nitrogen functional groups attached to an aromatic ring is 1. The number of sulfonamides is 1. The lowest BCUT2D eigenvalue weighted by molar-refractivity contribution is -0.118. The van der Waals surface area contributed by atoms with E-state index in [-0.39, 0.29) is 18.0 Å². The van der Waals surface area contributed by atoms with Crippen LogP contribution in [-0.4, -0.2) is 44.9 Å². The maximum Gasteiger partial charge on any atom is 0.337 e. The van der Waals surface area contributed by atoms with Crippen molar-refractivity contribution in [1.82, 2.24) is 9.62 Å². The van der Waals surface area contributed by atoms with Crippen molar-refractivity contribution in [3.8, 4) is 0 Å². The molecule has 122 valence electrons. The highest BCUT2D eigenvalue weighted by Gasteiger charge is 2.29. The van der Waals surface area contributed by atoms with Crippen LogP contribution < -0.4 is 11.1 Å². The second kappa shape index (κ2) is 7.76. The first-order valence-corrected chi connectivity index (χ1v) is 7.92. The monoisotopic (exact) mass is 329 g/mol. The quantitative estimate of drug-likeness (QED) is 0.581. The zero-order valence-corrected chi connectivity index (χ0v) is 13.2. The summed E-state index contributed by atoms with van der Waals surface area (Å²) < 4.78 is 30.5. The van der Waals surface area contributed by atoms with Crippen molar-refractivity contribution >= 4 is 27.6 Å². The van der Waals surface area contributed by atoms with Gasteiger partial charge in [0.25, 0.3) is 10.0 Å². The van der Waals surface area contributed by atoms with Crippen molar-refractivity contribution in [2.45, 2.75) is 18.2 Å². The summed E-state index contributed by atoms with van der Waals surface area (Å²) in [5.74, 6) is -0.644. The van der Waals surface area contributed by atoms with Gasteiger partial charge in [-0.15, -0.1) is 0 Å². The van der Waals surface area contributed by atoms with Gasteiger partial charge >= 0.3 is 6.03 Å². The minimum atomic E-state index is -4.09. The van der Waals surface area contributed by atoms with Gasteiger partial charge in [-0.05, 0) is 30.7 Å². The van der Waals surface area contributed by atoms with E-state index in [0.29, 0.717) is 16.4 Å². The predicted molar refractivity (Wildman–Crippen MR) is 80.5 cm³/mol. The maximum absolute atomic E-state index is 12.5. The van der Waals surface area contributed by atoms with Crippen LogP contribution in [0.15, 0.2) is 29.2 Å². The number of carbonyl (C=O) groups is 2. The molecule has 0 heterocycles. The lowest BCUT2D eigenvalue weighted by Gasteiger charge is -2.22. The molecule has 1 aromatic carbocycles. The molecule has 0 radical (unpaired) electrons. The fraction of sp³-hybridized carbons (Fsp3) is 0.385. The number of nitrogens with one attached hydrogen (secondary N) is 1. The SMILES string of the molecule is COCCCN(C(=O)NC(C)=O)S(=O)(=O)c1ccc(N)cc1. The van der Waals surface area contributed by atoms with Crippen molar-refractivity contribution in [3.63, 3.8) is 0 Å². The average Bonchev–Trinajstić information content (AvgIpc) is 2.43. The molecule has 0 saturated carbocycles. The number of imide groups is 1. The molecule has 0 unspecified atom stereocenters. The summed E-state index contributed by atoms with van der Waals surface area (Å²) in [4.78, 5) is 22.9. The first kappa shape index (κ1) is 17.9. The van der Waals surface area contributed by atoms with Gasteiger partial charge in [0, 0.05) is 32.9 Å². The van der Waals surface area contributed by atoms with Crippen molar-refractivity contribution in [1.29, 1.82) is 0 Å². The van der Waals surface area contributed by atoms with Crippen LogP contribution in [0.4, 0.5) is 10.5 Å². The van der Waals surface area contributed by atoms with Crippen LogP contribution in [0.5, 0.6) is 0 Å². The molecular weight excluding hydrogens is 310 g/mol. The molecule has 0 aliphatic carbocycles. The summed E-state index contributed by atoms with van der Waals surface area (Å²) in [7, 11) is -2.62. The van der Waals surface area contributed by atoms with Crippen molar-refractivity contribution < 1.29 is 22.7 Å². The Morgan fingerprint density at radius 3 is 2.36 bits per heavy atom. The average molecular weight is 329 g/mol. The molecule has 8 nitrogen and oxygen atoms in total. The van der Waals surface area contributed by atoms with E-state index in [1.807, 2.05) is 5.32 Å². The highest BCUT2D eigenvalue weighted by molar-refractivity contribution is 7.89. The molecule has 1 rings (SSSR count). The number of nitrogens with two attached hydrogens (primary N) is 1. The van der Waals surface area contributed by atoms with Gasteiger partial charge in [-0.25, -0.2) is 17.5 Å². The molecule has 9 heteroatoms. The zero-order valence-electron chi connectivity index (χ0n) is 12.4. The minimum absolute atomic E-state index is 0.0854. The van der Waals surface area contributed by atoms with Crippen molar-refractivity contribution in [3.05, 3.63) is 24.3 Å². The van der Waals surface area contributed by atoms with Crippen LogP contribution in [0.1, 0.15) is 13.3 Å². The van der Waals surface area contributed by atoms with Gasteiger partial charge in [-0.2, -0.15) is 0 Å². The Hall–Kier alpha value is -2.13. The van der Waals surface area contributed by atoms with Crippen LogP contribution in [0.25, 0.3) is 0 Å². The Morgan fingerprint density at radius 2 is 1.86 bits per heavy atom. The third kappa shape index (κ3) is 4.71. The van der Waals surface area contributed by atoms with Crippen molar-refractivity contribution in [2.24, 2.45) is 0 Å². The summed E-state index contributed by atoms with van der Waals surface area (Å²) >= 11 is 0. The number of methoxy groups -OCH3 is 1. The normalized spacial score (nSPS) is 11.0. The largest absolute Gasteiger partial charge is 0.399 e. The summed E-state index contributed by atoms with van der Waals surface area (Å²) in [5, 5.41) is 1.96. The van der Waals surface area contributed by atoms with E-state index in [1.165, 1.54) is 31.4 Å². The van der Waals surface area contributed by atoms with Gasteiger partial charge < -0.3 is 10.5 Å². The fourth-order valence-electron chi connectivity index (χ4n) is 1.66. The molecule has 0 aliphatic heterocycles.